The Labute approximate surface area is 181 Å². The second-order valence-electron chi connectivity index (χ2n) is 6.55. The lowest BCUT2D eigenvalue weighted by Crippen LogP contribution is -2.13. The molecular formula is C20H16Cl2N4O2S. The summed E-state index contributed by atoms with van der Waals surface area (Å²) in [5.41, 5.74) is 0.497. The summed E-state index contributed by atoms with van der Waals surface area (Å²) in [4.78, 5) is 12.4. The van der Waals surface area contributed by atoms with Gasteiger partial charge in [-0.2, -0.15) is 5.26 Å². The number of nitrogens with one attached hydrogen (secondary N) is 1. The number of rotatable bonds is 6. The van der Waals surface area contributed by atoms with Gasteiger partial charge in [0.2, 0.25) is 5.13 Å². The molecule has 0 aliphatic rings. The quantitative estimate of drug-likeness (QED) is 0.378. The Morgan fingerprint density at radius 2 is 2.10 bits per heavy atom. The molecule has 0 fully saturated rings. The molecule has 0 unspecified atom stereocenters. The third-order valence-corrected chi connectivity index (χ3v) is 5.17. The number of hydrogen-bond acceptors (Lipinski definition) is 6. The highest BCUT2D eigenvalue weighted by molar-refractivity contribution is 7.15. The Hall–Kier alpha value is -2.66. The van der Waals surface area contributed by atoms with Crippen LogP contribution in [0.2, 0.25) is 10.0 Å². The predicted molar refractivity (Wildman–Crippen MR) is 115 cm³/mol. The zero-order valence-corrected chi connectivity index (χ0v) is 17.9. The molecule has 2 heterocycles. The summed E-state index contributed by atoms with van der Waals surface area (Å²) < 4.78 is 5.71. The first kappa shape index (κ1) is 21.1. The normalized spacial score (nSPS) is 11.5. The van der Waals surface area contributed by atoms with Gasteiger partial charge in [0.1, 0.15) is 28.2 Å². The zero-order chi connectivity index (χ0) is 21.0. The molecule has 0 spiro atoms. The Morgan fingerprint density at radius 3 is 2.83 bits per heavy atom. The van der Waals surface area contributed by atoms with E-state index < -0.39 is 5.91 Å². The van der Waals surface area contributed by atoms with E-state index in [2.05, 4.69) is 29.4 Å². The van der Waals surface area contributed by atoms with Crippen LogP contribution in [0.25, 0.3) is 17.4 Å². The number of furan rings is 1. The maximum Gasteiger partial charge on any atom is 0.268 e. The first-order valence-electron chi connectivity index (χ1n) is 8.66. The summed E-state index contributed by atoms with van der Waals surface area (Å²) in [5, 5.41) is 22.1. The van der Waals surface area contributed by atoms with Gasteiger partial charge >= 0.3 is 0 Å². The molecule has 29 heavy (non-hydrogen) atoms. The standard InChI is InChI=1S/C20H16Cl2N4O2S/c1-11(2)7-18-25-26-20(29-18)24-19(27)12(10-23)8-14-4-6-17(28-14)15-9-13(21)3-5-16(15)22/h3-6,8-9,11H,7H2,1-2H3,(H,24,26,27)/b12-8-. The highest BCUT2D eigenvalue weighted by Crippen LogP contribution is 2.32. The fraction of sp³-hybridized carbons (Fsp3) is 0.200. The van der Waals surface area contributed by atoms with Gasteiger partial charge in [0.15, 0.2) is 0 Å². The Morgan fingerprint density at radius 1 is 1.31 bits per heavy atom. The van der Waals surface area contributed by atoms with Crippen LogP contribution < -0.4 is 5.32 Å². The van der Waals surface area contributed by atoms with Gasteiger partial charge in [-0.1, -0.05) is 48.4 Å². The van der Waals surface area contributed by atoms with Crippen LogP contribution >= 0.6 is 34.5 Å². The topological polar surface area (TPSA) is 91.8 Å². The average molecular weight is 447 g/mol. The van der Waals surface area contributed by atoms with Crippen LogP contribution in [-0.4, -0.2) is 16.1 Å². The van der Waals surface area contributed by atoms with Crippen LogP contribution in [0, 0.1) is 17.2 Å². The number of nitrogens with zero attached hydrogens (tertiary/aromatic N) is 3. The van der Waals surface area contributed by atoms with Gasteiger partial charge in [0, 0.05) is 23.1 Å². The van der Waals surface area contributed by atoms with Crippen molar-refractivity contribution >= 4 is 51.7 Å². The largest absolute Gasteiger partial charge is 0.457 e. The summed E-state index contributed by atoms with van der Waals surface area (Å²) in [6, 6.07) is 10.2. The molecular weight excluding hydrogens is 431 g/mol. The third-order valence-electron chi connectivity index (χ3n) is 3.74. The highest BCUT2D eigenvalue weighted by Gasteiger charge is 2.15. The molecule has 1 aromatic carbocycles. The van der Waals surface area contributed by atoms with Crippen molar-refractivity contribution in [3.63, 3.8) is 0 Å². The molecule has 148 valence electrons. The van der Waals surface area contributed by atoms with Crippen LogP contribution in [0.1, 0.15) is 24.6 Å². The number of nitriles is 1. The van der Waals surface area contributed by atoms with Crippen molar-refractivity contribution in [2.45, 2.75) is 20.3 Å². The summed E-state index contributed by atoms with van der Waals surface area (Å²) in [6.45, 7) is 4.15. The van der Waals surface area contributed by atoms with E-state index >= 15 is 0 Å². The summed E-state index contributed by atoms with van der Waals surface area (Å²) in [6.07, 6.45) is 2.13. The molecule has 0 saturated carbocycles. The third kappa shape index (κ3) is 5.45. The summed E-state index contributed by atoms with van der Waals surface area (Å²) >= 11 is 13.5. The molecule has 0 saturated heterocycles. The monoisotopic (exact) mass is 446 g/mol. The van der Waals surface area contributed by atoms with Gasteiger partial charge < -0.3 is 4.42 Å². The fourth-order valence-corrected chi connectivity index (χ4v) is 3.78. The molecule has 0 atom stereocenters. The van der Waals surface area contributed by atoms with Gasteiger partial charge in [-0.25, -0.2) is 0 Å². The molecule has 0 bridgehead atoms. The van der Waals surface area contributed by atoms with Crippen molar-refractivity contribution < 1.29 is 9.21 Å². The van der Waals surface area contributed by atoms with E-state index in [1.807, 2.05) is 6.07 Å². The second-order valence-corrected chi connectivity index (χ2v) is 8.45. The van der Waals surface area contributed by atoms with Crippen molar-refractivity contribution in [2.75, 3.05) is 5.32 Å². The zero-order valence-electron chi connectivity index (χ0n) is 15.6. The van der Waals surface area contributed by atoms with Crippen LogP contribution in [0.4, 0.5) is 5.13 Å². The number of anilines is 1. The minimum Gasteiger partial charge on any atom is -0.457 e. The van der Waals surface area contributed by atoms with E-state index in [9.17, 15) is 10.1 Å². The molecule has 6 nitrogen and oxygen atoms in total. The summed E-state index contributed by atoms with van der Waals surface area (Å²) in [7, 11) is 0. The van der Waals surface area contributed by atoms with Crippen molar-refractivity contribution in [1.29, 1.82) is 5.26 Å². The van der Waals surface area contributed by atoms with Crippen LogP contribution in [-0.2, 0) is 11.2 Å². The molecule has 2 aromatic heterocycles. The van der Waals surface area contributed by atoms with Gasteiger partial charge in [-0.3, -0.25) is 10.1 Å². The van der Waals surface area contributed by atoms with Crippen molar-refractivity contribution in [1.82, 2.24) is 10.2 Å². The van der Waals surface area contributed by atoms with Gasteiger partial charge in [0.05, 0.1) is 5.02 Å². The number of halogens is 2. The average Bonchev–Trinajstić information content (AvgIpc) is 3.30. The molecule has 9 heteroatoms. The molecule has 0 aliphatic heterocycles. The maximum absolute atomic E-state index is 12.4. The summed E-state index contributed by atoms with van der Waals surface area (Å²) in [5.74, 6) is 0.658. The lowest BCUT2D eigenvalue weighted by atomic mass is 10.1. The minimum absolute atomic E-state index is 0.122. The smallest absolute Gasteiger partial charge is 0.268 e. The van der Waals surface area contributed by atoms with E-state index in [0.29, 0.717) is 38.2 Å². The van der Waals surface area contributed by atoms with Crippen LogP contribution in [0.5, 0.6) is 0 Å². The number of benzene rings is 1. The maximum atomic E-state index is 12.4. The molecule has 0 aliphatic carbocycles. The lowest BCUT2D eigenvalue weighted by Gasteiger charge is -2.01. The highest BCUT2D eigenvalue weighted by atomic mass is 35.5. The first-order valence-corrected chi connectivity index (χ1v) is 10.2. The van der Waals surface area contributed by atoms with Crippen molar-refractivity contribution in [2.24, 2.45) is 5.92 Å². The van der Waals surface area contributed by atoms with E-state index in [0.717, 1.165) is 11.4 Å². The van der Waals surface area contributed by atoms with E-state index in [1.165, 1.54) is 17.4 Å². The Kier molecular flexibility index (Phi) is 6.70. The first-order chi connectivity index (χ1) is 13.9. The van der Waals surface area contributed by atoms with Crippen LogP contribution in [0.3, 0.4) is 0 Å². The van der Waals surface area contributed by atoms with E-state index in [-0.39, 0.29) is 5.57 Å². The van der Waals surface area contributed by atoms with Crippen LogP contribution in [0.15, 0.2) is 40.3 Å². The number of amides is 1. The molecule has 1 N–H and O–H groups in total. The van der Waals surface area contributed by atoms with Gasteiger partial charge in [-0.15, -0.1) is 10.2 Å². The number of hydrogen-bond donors (Lipinski definition) is 1. The molecule has 3 aromatic rings. The SMILES string of the molecule is CC(C)Cc1nnc(NC(=O)/C(C#N)=C\c2ccc(-c3cc(Cl)ccc3Cl)o2)s1. The molecule has 0 radical (unpaired) electrons. The van der Waals surface area contributed by atoms with Gasteiger partial charge in [0.25, 0.3) is 5.91 Å². The van der Waals surface area contributed by atoms with E-state index in [4.69, 9.17) is 27.6 Å². The Balaban J connectivity index is 1.77. The Bertz CT molecular complexity index is 1110. The molecule has 3 rings (SSSR count). The number of carbonyl (C=O) groups is 1. The number of carbonyl (C=O) groups excluding carboxylic acids is 1. The second kappa shape index (κ2) is 9.23. The predicted octanol–water partition coefficient (Wildman–Crippen LogP) is 5.85. The van der Waals surface area contributed by atoms with Gasteiger partial charge in [-0.05, 0) is 36.2 Å². The van der Waals surface area contributed by atoms with Crippen molar-refractivity contribution in [3.05, 3.63) is 56.7 Å². The fourth-order valence-electron chi connectivity index (χ4n) is 2.45. The molecule has 1 amide bonds. The van der Waals surface area contributed by atoms with Crippen molar-refractivity contribution in [3.8, 4) is 17.4 Å². The van der Waals surface area contributed by atoms with E-state index in [1.54, 1.807) is 30.3 Å². The lowest BCUT2D eigenvalue weighted by molar-refractivity contribution is -0.112. The minimum atomic E-state index is -0.585. The number of aromatic nitrogens is 2.